The zero-order chi connectivity index (χ0) is 13.4. The van der Waals surface area contributed by atoms with Crippen LogP contribution in [0.5, 0.6) is 0 Å². The maximum absolute atomic E-state index is 11.3. The average Bonchev–Trinajstić information content (AvgIpc) is 2.84. The van der Waals surface area contributed by atoms with E-state index in [1.165, 1.54) is 0 Å². The summed E-state index contributed by atoms with van der Waals surface area (Å²) in [5.74, 6) is -2.32. The van der Waals surface area contributed by atoms with Crippen molar-refractivity contribution in [1.29, 1.82) is 0 Å². The highest BCUT2D eigenvalue weighted by Crippen LogP contribution is 2.41. The standard InChI is InChI=1S/C12H12O4S2/c1-3-5-7-8(11(13)14)10(12(15)16)18-9(7)6(4-2)17-5/h3-4H2,1-2H3,(H,13,14)(H,15,16). The van der Waals surface area contributed by atoms with Crippen molar-refractivity contribution in [3.05, 3.63) is 20.2 Å². The molecule has 0 aliphatic heterocycles. The smallest absolute Gasteiger partial charge is 0.346 e. The van der Waals surface area contributed by atoms with Crippen LogP contribution in [0.15, 0.2) is 0 Å². The molecule has 0 bridgehead atoms. The largest absolute Gasteiger partial charge is 0.478 e. The molecule has 96 valence electrons. The van der Waals surface area contributed by atoms with Crippen molar-refractivity contribution < 1.29 is 19.8 Å². The number of carboxylic acids is 2. The Labute approximate surface area is 111 Å². The molecule has 0 saturated carbocycles. The SMILES string of the molecule is CCc1sc(CC)c2c(C(=O)O)c(C(=O)O)sc12. The Morgan fingerprint density at radius 1 is 1.00 bits per heavy atom. The first-order valence-electron chi connectivity index (χ1n) is 5.54. The van der Waals surface area contributed by atoms with E-state index in [4.69, 9.17) is 5.11 Å². The normalized spacial score (nSPS) is 11.0. The Bertz CT molecular complexity index is 636. The molecule has 2 aromatic rings. The number of hydrogen-bond acceptors (Lipinski definition) is 4. The monoisotopic (exact) mass is 284 g/mol. The molecule has 0 radical (unpaired) electrons. The lowest BCUT2D eigenvalue weighted by atomic mass is 10.1. The van der Waals surface area contributed by atoms with E-state index in [0.717, 1.165) is 38.6 Å². The Balaban J connectivity index is 2.90. The van der Waals surface area contributed by atoms with Gasteiger partial charge in [-0.1, -0.05) is 13.8 Å². The van der Waals surface area contributed by atoms with Gasteiger partial charge in [-0.25, -0.2) is 9.59 Å². The van der Waals surface area contributed by atoms with Crippen LogP contribution in [0, 0.1) is 0 Å². The van der Waals surface area contributed by atoms with Crippen LogP contribution in [0.1, 0.15) is 43.6 Å². The molecule has 0 aliphatic carbocycles. The van der Waals surface area contributed by atoms with E-state index < -0.39 is 11.9 Å². The quantitative estimate of drug-likeness (QED) is 0.901. The van der Waals surface area contributed by atoms with Gasteiger partial charge in [0, 0.05) is 15.1 Å². The third-order valence-electron chi connectivity index (χ3n) is 2.74. The van der Waals surface area contributed by atoms with Crippen LogP contribution in [-0.2, 0) is 12.8 Å². The van der Waals surface area contributed by atoms with Gasteiger partial charge in [0.2, 0.25) is 0 Å². The number of fused-ring (bicyclic) bond motifs is 1. The third kappa shape index (κ3) is 1.81. The van der Waals surface area contributed by atoms with E-state index in [1.54, 1.807) is 11.3 Å². The van der Waals surface area contributed by atoms with E-state index in [2.05, 4.69) is 0 Å². The van der Waals surface area contributed by atoms with Gasteiger partial charge in [0.15, 0.2) is 0 Å². The highest BCUT2D eigenvalue weighted by Gasteiger charge is 2.27. The molecule has 4 nitrogen and oxygen atoms in total. The fourth-order valence-corrected chi connectivity index (χ4v) is 4.55. The van der Waals surface area contributed by atoms with Crippen LogP contribution in [0.3, 0.4) is 0 Å². The van der Waals surface area contributed by atoms with Gasteiger partial charge in [0.05, 0.1) is 10.3 Å². The lowest BCUT2D eigenvalue weighted by molar-refractivity contribution is 0.0657. The second-order valence-corrected chi connectivity index (χ2v) is 5.99. The minimum atomic E-state index is -1.16. The number of aromatic carboxylic acids is 2. The van der Waals surface area contributed by atoms with E-state index in [9.17, 15) is 14.7 Å². The lowest BCUT2D eigenvalue weighted by Crippen LogP contribution is -2.04. The lowest BCUT2D eigenvalue weighted by Gasteiger charge is -1.96. The van der Waals surface area contributed by atoms with E-state index in [0.29, 0.717) is 5.39 Å². The van der Waals surface area contributed by atoms with Crippen molar-refractivity contribution in [2.45, 2.75) is 26.7 Å². The molecule has 18 heavy (non-hydrogen) atoms. The summed E-state index contributed by atoms with van der Waals surface area (Å²) in [6, 6.07) is 0. The zero-order valence-corrected chi connectivity index (χ0v) is 11.6. The minimum Gasteiger partial charge on any atom is -0.478 e. The number of hydrogen-bond donors (Lipinski definition) is 2. The number of thiophene rings is 2. The maximum atomic E-state index is 11.3. The molecule has 0 amide bonds. The van der Waals surface area contributed by atoms with Crippen LogP contribution in [0.2, 0.25) is 0 Å². The van der Waals surface area contributed by atoms with Gasteiger partial charge in [-0.15, -0.1) is 22.7 Å². The molecule has 0 spiro atoms. The van der Waals surface area contributed by atoms with Crippen molar-refractivity contribution in [1.82, 2.24) is 0 Å². The topological polar surface area (TPSA) is 74.6 Å². The summed E-state index contributed by atoms with van der Waals surface area (Å²) in [4.78, 5) is 24.4. The molecule has 2 heterocycles. The molecular weight excluding hydrogens is 272 g/mol. The van der Waals surface area contributed by atoms with Crippen molar-refractivity contribution >= 4 is 44.7 Å². The highest BCUT2D eigenvalue weighted by molar-refractivity contribution is 7.26. The van der Waals surface area contributed by atoms with Gasteiger partial charge in [0.1, 0.15) is 4.88 Å². The van der Waals surface area contributed by atoms with Crippen LogP contribution < -0.4 is 0 Å². The Morgan fingerprint density at radius 3 is 2.06 bits per heavy atom. The van der Waals surface area contributed by atoms with Crippen molar-refractivity contribution in [2.24, 2.45) is 0 Å². The average molecular weight is 284 g/mol. The van der Waals surface area contributed by atoms with Gasteiger partial charge < -0.3 is 10.2 Å². The second-order valence-electron chi connectivity index (χ2n) is 3.78. The Hall–Kier alpha value is -1.40. The summed E-state index contributed by atoms with van der Waals surface area (Å²) in [6.07, 6.45) is 1.51. The molecular formula is C12H12O4S2. The molecule has 0 aliphatic rings. The van der Waals surface area contributed by atoms with Crippen molar-refractivity contribution in [2.75, 3.05) is 0 Å². The second kappa shape index (κ2) is 4.70. The molecule has 0 atom stereocenters. The molecule has 0 fully saturated rings. The molecule has 0 unspecified atom stereocenters. The number of aryl methyl sites for hydroxylation is 2. The van der Waals surface area contributed by atoms with Crippen LogP contribution in [-0.4, -0.2) is 22.2 Å². The van der Waals surface area contributed by atoms with Gasteiger partial charge in [-0.2, -0.15) is 0 Å². The van der Waals surface area contributed by atoms with Crippen LogP contribution in [0.4, 0.5) is 0 Å². The predicted molar refractivity (Wildman–Crippen MR) is 72.4 cm³/mol. The molecule has 6 heteroatoms. The Morgan fingerprint density at radius 2 is 1.61 bits per heavy atom. The number of rotatable bonds is 4. The number of carboxylic acid groups (broad SMARTS) is 2. The predicted octanol–water partition coefficient (Wildman–Crippen LogP) is 3.48. The van der Waals surface area contributed by atoms with Crippen molar-refractivity contribution in [3.63, 3.8) is 0 Å². The summed E-state index contributed by atoms with van der Waals surface area (Å²) in [5, 5.41) is 19.0. The summed E-state index contributed by atoms with van der Waals surface area (Å²) in [6.45, 7) is 3.94. The summed E-state index contributed by atoms with van der Waals surface area (Å²) >= 11 is 2.66. The number of carbonyl (C=O) groups is 2. The third-order valence-corrected chi connectivity index (χ3v) is 5.58. The fourth-order valence-electron chi connectivity index (χ4n) is 1.98. The highest BCUT2D eigenvalue weighted by atomic mass is 32.1. The van der Waals surface area contributed by atoms with Gasteiger partial charge in [-0.05, 0) is 12.8 Å². The minimum absolute atomic E-state index is 0.0460. The fraction of sp³-hybridized carbons (Fsp3) is 0.333. The first kappa shape index (κ1) is 13.0. The Kier molecular flexibility index (Phi) is 3.41. The van der Waals surface area contributed by atoms with E-state index in [-0.39, 0.29) is 10.4 Å². The first-order chi connectivity index (χ1) is 8.51. The zero-order valence-electron chi connectivity index (χ0n) is 9.94. The van der Waals surface area contributed by atoms with Gasteiger partial charge in [-0.3, -0.25) is 0 Å². The van der Waals surface area contributed by atoms with Crippen LogP contribution >= 0.6 is 22.7 Å². The van der Waals surface area contributed by atoms with Crippen molar-refractivity contribution in [3.8, 4) is 0 Å². The summed E-state index contributed by atoms with van der Waals surface area (Å²) in [5.41, 5.74) is -0.0460. The summed E-state index contributed by atoms with van der Waals surface area (Å²) in [7, 11) is 0. The van der Waals surface area contributed by atoms with E-state index >= 15 is 0 Å². The maximum Gasteiger partial charge on any atom is 0.346 e. The summed E-state index contributed by atoms with van der Waals surface area (Å²) < 4.78 is 0.828. The van der Waals surface area contributed by atoms with E-state index in [1.807, 2.05) is 13.8 Å². The molecule has 0 saturated heterocycles. The van der Waals surface area contributed by atoms with Crippen LogP contribution in [0.25, 0.3) is 10.1 Å². The van der Waals surface area contributed by atoms with Gasteiger partial charge in [0.25, 0.3) is 0 Å². The first-order valence-corrected chi connectivity index (χ1v) is 7.18. The van der Waals surface area contributed by atoms with Gasteiger partial charge >= 0.3 is 11.9 Å². The molecule has 2 aromatic heterocycles. The molecule has 2 N–H and O–H groups in total. The molecule has 0 aromatic carbocycles. The molecule has 2 rings (SSSR count).